The molecule has 3 N–H and O–H groups in total. The molecule has 2 rings (SSSR count). The molecule has 0 radical (unpaired) electrons. The van der Waals surface area contributed by atoms with Gasteiger partial charge in [-0.25, -0.2) is 0 Å². The van der Waals surface area contributed by atoms with E-state index in [0.717, 1.165) is 31.2 Å². The van der Waals surface area contributed by atoms with Crippen LogP contribution < -0.4 is 11.1 Å². The van der Waals surface area contributed by atoms with Gasteiger partial charge in [0.05, 0.1) is 11.9 Å². The molecule has 0 aliphatic carbocycles. The first-order chi connectivity index (χ1) is 6.34. The highest BCUT2D eigenvalue weighted by Gasteiger charge is 2.13. The molecular formula is C9H18Cl2N4. The summed E-state index contributed by atoms with van der Waals surface area (Å²) >= 11 is 0. The van der Waals surface area contributed by atoms with Gasteiger partial charge in [-0.3, -0.25) is 4.68 Å². The molecule has 0 saturated carbocycles. The summed E-state index contributed by atoms with van der Waals surface area (Å²) in [5.74, 6) is 0.764. The van der Waals surface area contributed by atoms with Gasteiger partial charge in [-0.05, 0) is 31.8 Å². The van der Waals surface area contributed by atoms with Gasteiger partial charge in [-0.15, -0.1) is 24.8 Å². The molecule has 1 aromatic heterocycles. The Labute approximate surface area is 102 Å². The summed E-state index contributed by atoms with van der Waals surface area (Å²) in [6.07, 6.45) is 6.11. The van der Waals surface area contributed by atoms with Crippen LogP contribution in [0.25, 0.3) is 0 Å². The normalized spacial score (nSPS) is 16.5. The van der Waals surface area contributed by atoms with Crippen LogP contribution in [-0.2, 0) is 6.54 Å². The Bertz CT molecular complexity index is 271. The zero-order chi connectivity index (χ0) is 9.10. The van der Waals surface area contributed by atoms with Crippen molar-refractivity contribution in [2.75, 3.05) is 18.8 Å². The van der Waals surface area contributed by atoms with Gasteiger partial charge in [0.1, 0.15) is 0 Å². The SMILES string of the molecule is Cl.Cl.Nc1cnn(CC2CCNCC2)c1. The van der Waals surface area contributed by atoms with E-state index < -0.39 is 0 Å². The summed E-state index contributed by atoms with van der Waals surface area (Å²) in [6.45, 7) is 3.29. The van der Waals surface area contributed by atoms with Gasteiger partial charge in [0.2, 0.25) is 0 Å². The van der Waals surface area contributed by atoms with Gasteiger partial charge < -0.3 is 11.1 Å². The van der Waals surface area contributed by atoms with Crippen molar-refractivity contribution in [3.8, 4) is 0 Å². The van der Waals surface area contributed by atoms with E-state index in [9.17, 15) is 0 Å². The Morgan fingerprint density at radius 3 is 2.60 bits per heavy atom. The molecule has 1 fully saturated rings. The number of aromatic nitrogens is 2. The fourth-order valence-corrected chi connectivity index (χ4v) is 1.81. The van der Waals surface area contributed by atoms with Crippen molar-refractivity contribution in [1.82, 2.24) is 15.1 Å². The zero-order valence-corrected chi connectivity index (χ0v) is 10.2. The predicted octanol–water partition coefficient (Wildman–Crippen LogP) is 1.31. The molecule has 0 aromatic carbocycles. The lowest BCUT2D eigenvalue weighted by molar-refractivity contribution is 0.321. The molecule has 0 atom stereocenters. The molecule has 4 nitrogen and oxygen atoms in total. The van der Waals surface area contributed by atoms with E-state index in [1.54, 1.807) is 6.20 Å². The van der Waals surface area contributed by atoms with Gasteiger partial charge in [0.25, 0.3) is 0 Å². The van der Waals surface area contributed by atoms with Crippen LogP contribution in [0.4, 0.5) is 5.69 Å². The van der Waals surface area contributed by atoms with E-state index in [2.05, 4.69) is 10.4 Å². The van der Waals surface area contributed by atoms with Crippen molar-refractivity contribution in [3.63, 3.8) is 0 Å². The molecule has 6 heteroatoms. The molecule has 0 bridgehead atoms. The summed E-state index contributed by atoms with van der Waals surface area (Å²) in [6, 6.07) is 0. The van der Waals surface area contributed by atoms with Crippen LogP contribution in [0.1, 0.15) is 12.8 Å². The summed E-state index contributed by atoms with van der Waals surface area (Å²) in [4.78, 5) is 0. The first-order valence-electron chi connectivity index (χ1n) is 4.83. The van der Waals surface area contributed by atoms with Crippen LogP contribution in [0.3, 0.4) is 0 Å². The topological polar surface area (TPSA) is 55.9 Å². The lowest BCUT2D eigenvalue weighted by Gasteiger charge is -2.22. The van der Waals surface area contributed by atoms with Crippen molar-refractivity contribution in [1.29, 1.82) is 0 Å². The molecule has 1 aliphatic heterocycles. The van der Waals surface area contributed by atoms with E-state index in [1.807, 2.05) is 10.9 Å². The number of nitrogens with two attached hydrogens (primary N) is 1. The van der Waals surface area contributed by atoms with Crippen molar-refractivity contribution in [2.45, 2.75) is 19.4 Å². The Kier molecular flexibility index (Phi) is 6.72. The van der Waals surface area contributed by atoms with E-state index in [4.69, 9.17) is 5.73 Å². The second-order valence-corrected chi connectivity index (χ2v) is 3.69. The summed E-state index contributed by atoms with van der Waals surface area (Å²) in [7, 11) is 0. The minimum absolute atomic E-state index is 0. The van der Waals surface area contributed by atoms with E-state index >= 15 is 0 Å². The molecule has 0 unspecified atom stereocenters. The van der Waals surface area contributed by atoms with Crippen LogP contribution in [0.2, 0.25) is 0 Å². The monoisotopic (exact) mass is 252 g/mol. The third kappa shape index (κ3) is 4.28. The van der Waals surface area contributed by atoms with Crippen molar-refractivity contribution in [2.24, 2.45) is 5.92 Å². The Morgan fingerprint density at radius 1 is 1.40 bits per heavy atom. The predicted molar refractivity (Wildman–Crippen MR) is 66.7 cm³/mol. The summed E-state index contributed by atoms with van der Waals surface area (Å²) in [5.41, 5.74) is 6.35. The lowest BCUT2D eigenvalue weighted by Crippen LogP contribution is -2.29. The Balaban J connectivity index is 0.000000980. The average molecular weight is 253 g/mol. The second-order valence-electron chi connectivity index (χ2n) is 3.69. The maximum absolute atomic E-state index is 5.59. The highest BCUT2D eigenvalue weighted by Crippen LogP contribution is 2.14. The molecule has 1 aromatic rings. The summed E-state index contributed by atoms with van der Waals surface area (Å²) in [5, 5.41) is 7.53. The van der Waals surface area contributed by atoms with E-state index in [-0.39, 0.29) is 24.8 Å². The van der Waals surface area contributed by atoms with Gasteiger partial charge in [0.15, 0.2) is 0 Å². The first kappa shape index (κ1) is 14.6. The van der Waals surface area contributed by atoms with Crippen LogP contribution >= 0.6 is 24.8 Å². The smallest absolute Gasteiger partial charge is 0.0719 e. The molecule has 88 valence electrons. The van der Waals surface area contributed by atoms with E-state index in [1.165, 1.54) is 12.8 Å². The van der Waals surface area contributed by atoms with Crippen molar-refractivity contribution < 1.29 is 0 Å². The highest BCUT2D eigenvalue weighted by atomic mass is 35.5. The number of nitrogens with zero attached hydrogens (tertiary/aromatic N) is 2. The lowest BCUT2D eigenvalue weighted by atomic mass is 9.98. The summed E-state index contributed by atoms with van der Waals surface area (Å²) < 4.78 is 1.95. The van der Waals surface area contributed by atoms with Crippen LogP contribution in [0.15, 0.2) is 12.4 Å². The number of anilines is 1. The number of hydrogen-bond acceptors (Lipinski definition) is 3. The number of hydrogen-bond donors (Lipinski definition) is 2. The minimum Gasteiger partial charge on any atom is -0.396 e. The third-order valence-corrected chi connectivity index (χ3v) is 2.56. The molecule has 1 aliphatic rings. The quantitative estimate of drug-likeness (QED) is 0.835. The van der Waals surface area contributed by atoms with Crippen molar-refractivity contribution >= 4 is 30.5 Å². The highest BCUT2D eigenvalue weighted by molar-refractivity contribution is 5.85. The molecule has 15 heavy (non-hydrogen) atoms. The largest absolute Gasteiger partial charge is 0.396 e. The molecule has 0 spiro atoms. The van der Waals surface area contributed by atoms with Gasteiger partial charge in [-0.1, -0.05) is 0 Å². The number of nitrogens with one attached hydrogen (secondary N) is 1. The number of halogens is 2. The second kappa shape index (κ2) is 6.93. The van der Waals surface area contributed by atoms with Gasteiger partial charge in [0, 0.05) is 12.7 Å². The maximum Gasteiger partial charge on any atom is 0.0719 e. The van der Waals surface area contributed by atoms with E-state index in [0.29, 0.717) is 0 Å². The number of piperidine rings is 1. The van der Waals surface area contributed by atoms with Gasteiger partial charge >= 0.3 is 0 Å². The average Bonchev–Trinajstić information content (AvgIpc) is 2.53. The third-order valence-electron chi connectivity index (χ3n) is 2.56. The van der Waals surface area contributed by atoms with Crippen LogP contribution in [-0.4, -0.2) is 22.9 Å². The molecular weight excluding hydrogens is 235 g/mol. The molecule has 2 heterocycles. The molecule has 1 saturated heterocycles. The number of rotatable bonds is 2. The zero-order valence-electron chi connectivity index (χ0n) is 8.56. The van der Waals surface area contributed by atoms with Crippen molar-refractivity contribution in [3.05, 3.63) is 12.4 Å². The first-order valence-corrected chi connectivity index (χ1v) is 4.83. The maximum atomic E-state index is 5.59. The minimum atomic E-state index is 0. The Hall–Kier alpha value is -0.450. The van der Waals surface area contributed by atoms with Crippen LogP contribution in [0.5, 0.6) is 0 Å². The standard InChI is InChI=1S/C9H16N4.2ClH/c10-9-5-12-13(7-9)6-8-1-3-11-4-2-8;;/h5,7-8,11H,1-4,6,10H2;2*1H. The fourth-order valence-electron chi connectivity index (χ4n) is 1.81. The number of nitrogen functional groups attached to an aromatic ring is 1. The molecule has 0 amide bonds. The fraction of sp³-hybridized carbons (Fsp3) is 0.667. The Morgan fingerprint density at radius 2 is 2.07 bits per heavy atom. The van der Waals surface area contributed by atoms with Gasteiger partial charge in [-0.2, -0.15) is 5.10 Å². The van der Waals surface area contributed by atoms with Crippen LogP contribution in [0, 0.1) is 5.92 Å².